The predicted octanol–water partition coefficient (Wildman–Crippen LogP) is 2.23. The van der Waals surface area contributed by atoms with Gasteiger partial charge in [0.15, 0.2) is 11.0 Å². The maximum absolute atomic E-state index is 5.49. The fourth-order valence-electron chi connectivity index (χ4n) is 1.75. The molecule has 0 unspecified atom stereocenters. The summed E-state index contributed by atoms with van der Waals surface area (Å²) in [6.07, 6.45) is 0.997. The molecule has 2 N–H and O–H groups in total. The van der Waals surface area contributed by atoms with Crippen molar-refractivity contribution in [1.29, 1.82) is 0 Å². The minimum absolute atomic E-state index is 0.718. The minimum atomic E-state index is 0.718. The van der Waals surface area contributed by atoms with E-state index in [4.69, 9.17) is 5.73 Å². The van der Waals surface area contributed by atoms with Gasteiger partial charge in [0, 0.05) is 18.4 Å². The van der Waals surface area contributed by atoms with E-state index in [9.17, 15) is 0 Å². The molecule has 0 aliphatic carbocycles. The maximum Gasteiger partial charge on any atom is 0.191 e. The van der Waals surface area contributed by atoms with E-state index in [-0.39, 0.29) is 0 Å². The van der Waals surface area contributed by atoms with Gasteiger partial charge in [0.2, 0.25) is 0 Å². The second kappa shape index (κ2) is 6.02. The van der Waals surface area contributed by atoms with Crippen LogP contribution in [0.5, 0.6) is 0 Å². The molecule has 0 bridgehead atoms. The lowest BCUT2D eigenvalue weighted by molar-refractivity contribution is 0.791. The summed E-state index contributed by atoms with van der Waals surface area (Å²) in [6, 6.07) is 8.23. The highest BCUT2D eigenvalue weighted by molar-refractivity contribution is 7.99. The van der Waals surface area contributed by atoms with Gasteiger partial charge in [-0.1, -0.05) is 36.0 Å². The summed E-state index contributed by atoms with van der Waals surface area (Å²) in [5.41, 5.74) is 7.84. The number of thioether (sulfide) groups is 1. The van der Waals surface area contributed by atoms with E-state index >= 15 is 0 Å². The molecule has 0 aliphatic rings. The smallest absolute Gasteiger partial charge is 0.191 e. The monoisotopic (exact) mass is 262 g/mol. The Hall–Kier alpha value is -1.33. The zero-order chi connectivity index (χ0) is 13.0. The third-order valence-electron chi connectivity index (χ3n) is 2.80. The zero-order valence-corrected chi connectivity index (χ0v) is 11.6. The van der Waals surface area contributed by atoms with Crippen LogP contribution in [0.25, 0.3) is 11.4 Å². The van der Waals surface area contributed by atoms with E-state index in [2.05, 4.69) is 29.3 Å². The SMILES string of the molecule is Cc1ccccc1-c1nnc(SCCCN)n1C. The third kappa shape index (κ3) is 2.73. The Morgan fingerprint density at radius 1 is 1.28 bits per heavy atom. The van der Waals surface area contributed by atoms with Gasteiger partial charge < -0.3 is 10.3 Å². The number of nitrogens with two attached hydrogens (primary N) is 1. The Labute approximate surface area is 112 Å². The number of aromatic nitrogens is 3. The molecular formula is C13H18N4S. The highest BCUT2D eigenvalue weighted by Crippen LogP contribution is 2.24. The summed E-state index contributed by atoms with van der Waals surface area (Å²) in [7, 11) is 2.01. The lowest BCUT2D eigenvalue weighted by Crippen LogP contribution is -2.01. The van der Waals surface area contributed by atoms with Gasteiger partial charge in [0.05, 0.1) is 0 Å². The number of benzene rings is 1. The summed E-state index contributed by atoms with van der Waals surface area (Å²) in [4.78, 5) is 0. The molecule has 0 atom stereocenters. The van der Waals surface area contributed by atoms with Crippen LogP contribution in [-0.2, 0) is 7.05 Å². The van der Waals surface area contributed by atoms with Gasteiger partial charge in [-0.3, -0.25) is 0 Å². The van der Waals surface area contributed by atoms with Crippen LogP contribution < -0.4 is 5.73 Å². The molecule has 0 aliphatic heterocycles. The quantitative estimate of drug-likeness (QED) is 0.663. The molecule has 18 heavy (non-hydrogen) atoms. The molecule has 2 aromatic rings. The maximum atomic E-state index is 5.49. The number of aryl methyl sites for hydroxylation is 1. The van der Waals surface area contributed by atoms with E-state index in [1.807, 2.05) is 23.7 Å². The average Bonchev–Trinajstić information content (AvgIpc) is 2.72. The van der Waals surface area contributed by atoms with Crippen molar-refractivity contribution in [2.45, 2.75) is 18.5 Å². The number of nitrogens with zero attached hydrogens (tertiary/aromatic N) is 3. The van der Waals surface area contributed by atoms with Gasteiger partial charge in [-0.15, -0.1) is 10.2 Å². The molecule has 1 aromatic carbocycles. The fraction of sp³-hybridized carbons (Fsp3) is 0.385. The van der Waals surface area contributed by atoms with Gasteiger partial charge in [-0.05, 0) is 25.5 Å². The van der Waals surface area contributed by atoms with Crippen LogP contribution in [0.15, 0.2) is 29.4 Å². The summed E-state index contributed by atoms with van der Waals surface area (Å²) < 4.78 is 2.05. The van der Waals surface area contributed by atoms with Crippen LogP contribution in [-0.4, -0.2) is 27.1 Å². The van der Waals surface area contributed by atoms with Gasteiger partial charge in [0.25, 0.3) is 0 Å². The van der Waals surface area contributed by atoms with Crippen molar-refractivity contribution in [3.63, 3.8) is 0 Å². The lowest BCUT2D eigenvalue weighted by atomic mass is 10.1. The standard InChI is InChI=1S/C13H18N4S/c1-10-6-3-4-7-11(10)12-15-16-13(17(12)2)18-9-5-8-14/h3-4,6-7H,5,8-9,14H2,1-2H3. The largest absolute Gasteiger partial charge is 0.330 e. The van der Waals surface area contributed by atoms with Crippen molar-refractivity contribution in [2.75, 3.05) is 12.3 Å². The molecule has 0 fully saturated rings. The Balaban J connectivity index is 2.23. The van der Waals surface area contributed by atoms with Crippen molar-refractivity contribution in [3.05, 3.63) is 29.8 Å². The first-order valence-corrected chi connectivity index (χ1v) is 7.01. The summed E-state index contributed by atoms with van der Waals surface area (Å²) in [6.45, 7) is 2.81. The minimum Gasteiger partial charge on any atom is -0.330 e. The Bertz CT molecular complexity index is 521. The molecule has 1 heterocycles. The van der Waals surface area contributed by atoms with Gasteiger partial charge in [-0.25, -0.2) is 0 Å². The van der Waals surface area contributed by atoms with E-state index in [1.165, 1.54) is 5.56 Å². The molecule has 1 aromatic heterocycles. The summed E-state index contributed by atoms with van der Waals surface area (Å²) in [5, 5.41) is 9.47. The van der Waals surface area contributed by atoms with Crippen molar-refractivity contribution in [1.82, 2.24) is 14.8 Å². The van der Waals surface area contributed by atoms with Crippen LogP contribution in [0.3, 0.4) is 0 Å². The molecule has 0 radical (unpaired) electrons. The second-order valence-electron chi connectivity index (χ2n) is 4.17. The molecule has 0 spiro atoms. The molecule has 4 nitrogen and oxygen atoms in total. The van der Waals surface area contributed by atoms with E-state index in [0.717, 1.165) is 35.3 Å². The first kappa shape index (κ1) is 13.1. The topological polar surface area (TPSA) is 56.7 Å². The average molecular weight is 262 g/mol. The Morgan fingerprint density at radius 2 is 2.06 bits per heavy atom. The van der Waals surface area contributed by atoms with Crippen molar-refractivity contribution in [2.24, 2.45) is 12.8 Å². The number of hydrogen-bond acceptors (Lipinski definition) is 4. The van der Waals surface area contributed by atoms with Crippen LogP contribution in [0.2, 0.25) is 0 Å². The normalized spacial score (nSPS) is 10.8. The second-order valence-corrected chi connectivity index (χ2v) is 5.23. The molecule has 0 amide bonds. The number of rotatable bonds is 5. The molecule has 2 rings (SSSR count). The highest BCUT2D eigenvalue weighted by atomic mass is 32.2. The van der Waals surface area contributed by atoms with Crippen molar-refractivity contribution in [3.8, 4) is 11.4 Å². The van der Waals surface area contributed by atoms with E-state index in [1.54, 1.807) is 11.8 Å². The van der Waals surface area contributed by atoms with Gasteiger partial charge >= 0.3 is 0 Å². The highest BCUT2D eigenvalue weighted by Gasteiger charge is 2.12. The molecule has 0 saturated carbocycles. The van der Waals surface area contributed by atoms with Crippen molar-refractivity contribution < 1.29 is 0 Å². The Kier molecular flexibility index (Phi) is 4.38. The summed E-state index contributed by atoms with van der Waals surface area (Å²) in [5.74, 6) is 1.90. The van der Waals surface area contributed by atoms with Gasteiger partial charge in [-0.2, -0.15) is 0 Å². The number of hydrogen-bond donors (Lipinski definition) is 1. The van der Waals surface area contributed by atoms with E-state index < -0.39 is 0 Å². The molecular weight excluding hydrogens is 244 g/mol. The van der Waals surface area contributed by atoms with Gasteiger partial charge in [0.1, 0.15) is 0 Å². The van der Waals surface area contributed by atoms with E-state index in [0.29, 0.717) is 0 Å². The summed E-state index contributed by atoms with van der Waals surface area (Å²) >= 11 is 1.70. The first-order chi connectivity index (χ1) is 8.74. The Morgan fingerprint density at radius 3 is 2.78 bits per heavy atom. The lowest BCUT2D eigenvalue weighted by Gasteiger charge is -2.05. The third-order valence-corrected chi connectivity index (χ3v) is 3.91. The molecule has 0 saturated heterocycles. The van der Waals surface area contributed by atoms with Crippen LogP contribution in [0, 0.1) is 6.92 Å². The van der Waals surface area contributed by atoms with Crippen LogP contribution in [0.1, 0.15) is 12.0 Å². The fourth-order valence-corrected chi connectivity index (χ4v) is 2.62. The first-order valence-electron chi connectivity index (χ1n) is 6.02. The van der Waals surface area contributed by atoms with Crippen LogP contribution >= 0.6 is 11.8 Å². The zero-order valence-electron chi connectivity index (χ0n) is 10.8. The molecule has 5 heteroatoms. The van der Waals surface area contributed by atoms with Crippen LogP contribution in [0.4, 0.5) is 0 Å². The molecule has 96 valence electrons. The predicted molar refractivity (Wildman–Crippen MR) is 75.6 cm³/mol. The van der Waals surface area contributed by atoms with Crippen molar-refractivity contribution >= 4 is 11.8 Å².